The predicted molar refractivity (Wildman–Crippen MR) is 82.6 cm³/mol. The number of rotatable bonds is 9. The zero-order valence-electron chi connectivity index (χ0n) is 11.9. The van der Waals surface area contributed by atoms with E-state index in [2.05, 4.69) is 30.3 Å². The van der Waals surface area contributed by atoms with E-state index in [-0.39, 0.29) is 0 Å². The average Bonchev–Trinajstić information content (AvgIpc) is 2.31. The van der Waals surface area contributed by atoms with E-state index in [1.807, 2.05) is 0 Å². The summed E-state index contributed by atoms with van der Waals surface area (Å²) >= 11 is -1.99. The van der Waals surface area contributed by atoms with Gasteiger partial charge in [-0.1, -0.05) is 0 Å². The van der Waals surface area contributed by atoms with E-state index in [4.69, 9.17) is 0 Å². The second-order valence-corrected chi connectivity index (χ2v) is 17.8. The Kier molecular flexibility index (Phi) is 11.1. The molecule has 0 atom stereocenters. The van der Waals surface area contributed by atoms with Crippen LogP contribution in [0.4, 0.5) is 0 Å². The van der Waals surface area contributed by atoms with Crippen LogP contribution in [0, 0.1) is 9.48 Å². The van der Waals surface area contributed by atoms with E-state index in [0.29, 0.717) is 0 Å². The molecule has 0 fully saturated rings. The molecule has 0 spiro atoms. The quantitative estimate of drug-likeness (QED) is 0.442. The molecule has 0 aromatic carbocycles. The van der Waals surface area contributed by atoms with Crippen molar-refractivity contribution in [2.75, 3.05) is 0 Å². The number of hydrogen-bond acceptors (Lipinski definition) is 0. The van der Waals surface area contributed by atoms with Crippen LogP contribution in [0.25, 0.3) is 0 Å². The van der Waals surface area contributed by atoms with Crippen LogP contribution in [0.2, 0.25) is 13.3 Å². The van der Waals surface area contributed by atoms with Gasteiger partial charge in [0.1, 0.15) is 0 Å². The fourth-order valence-electron chi connectivity index (χ4n) is 2.37. The fraction of sp³-hybridized carbons (Fsp3) is 0.857. The first-order chi connectivity index (χ1) is 7.74. The third kappa shape index (κ3) is 7.01. The van der Waals surface area contributed by atoms with Crippen LogP contribution in [-0.2, 0) is 0 Å². The normalized spacial score (nSPS) is 11.2. The Balaban J connectivity index is 4.50. The van der Waals surface area contributed by atoms with Crippen molar-refractivity contribution in [2.24, 2.45) is 0 Å². The maximum absolute atomic E-state index is 3.82. The Morgan fingerprint density at radius 2 is 1.19 bits per heavy atom. The number of unbranched alkanes of at least 4 members (excludes halogenated alkanes) is 3. The van der Waals surface area contributed by atoms with E-state index >= 15 is 0 Å². The molecule has 94 valence electrons. The van der Waals surface area contributed by atoms with E-state index in [1.165, 1.54) is 38.5 Å². The Morgan fingerprint density at radius 3 is 1.44 bits per heavy atom. The zero-order chi connectivity index (χ0) is 12.3. The second-order valence-electron chi connectivity index (χ2n) is 4.97. The van der Waals surface area contributed by atoms with Crippen molar-refractivity contribution in [3.63, 3.8) is 0 Å². The molecule has 0 aromatic rings. The summed E-state index contributed by atoms with van der Waals surface area (Å²) < 4.78 is 8.45. The van der Waals surface area contributed by atoms with Gasteiger partial charge in [0.2, 0.25) is 0 Å². The summed E-state index contributed by atoms with van der Waals surface area (Å²) in [6.45, 7) is 6.97. The van der Waals surface area contributed by atoms with Crippen molar-refractivity contribution in [1.29, 1.82) is 0 Å². The molecule has 0 heterocycles. The Bertz CT molecular complexity index is 193. The van der Waals surface area contributed by atoms with Crippen molar-refractivity contribution in [1.82, 2.24) is 0 Å². The summed E-state index contributed by atoms with van der Waals surface area (Å²) in [5, 5.41) is 0. The average molecular weight is 345 g/mol. The van der Waals surface area contributed by atoms with E-state index in [0.717, 1.165) is 10.2 Å². The van der Waals surface area contributed by atoms with Gasteiger partial charge in [-0.2, -0.15) is 0 Å². The van der Waals surface area contributed by atoms with E-state index < -0.39 is 18.4 Å². The van der Waals surface area contributed by atoms with Crippen molar-refractivity contribution in [3.8, 4) is 9.48 Å². The van der Waals surface area contributed by atoms with Crippen LogP contribution in [0.5, 0.6) is 0 Å². The van der Waals surface area contributed by atoms with Gasteiger partial charge in [0.05, 0.1) is 0 Å². The SMILES string of the molecule is CCC[CH2][Sn]([C]#C[SiH3])([CH2]CCC)[CH2]CCC. The third-order valence-electron chi connectivity index (χ3n) is 3.42. The second kappa shape index (κ2) is 10.7. The minimum atomic E-state index is -1.99. The summed E-state index contributed by atoms with van der Waals surface area (Å²) in [6, 6.07) is 0. The fourth-order valence-corrected chi connectivity index (χ4v) is 19.5. The van der Waals surface area contributed by atoms with Gasteiger partial charge in [0.25, 0.3) is 0 Å². The molecule has 0 unspecified atom stereocenters. The van der Waals surface area contributed by atoms with Crippen LogP contribution in [0.3, 0.4) is 0 Å². The van der Waals surface area contributed by atoms with Gasteiger partial charge in [-0.15, -0.1) is 0 Å². The molecule has 0 aliphatic heterocycles. The predicted octanol–water partition coefficient (Wildman–Crippen LogP) is 3.70. The van der Waals surface area contributed by atoms with Crippen LogP contribution in [0.15, 0.2) is 0 Å². The van der Waals surface area contributed by atoms with Crippen LogP contribution in [0.1, 0.15) is 59.3 Å². The first kappa shape index (κ1) is 16.6. The molecule has 2 heteroatoms. The molecule has 0 rings (SSSR count). The molecule has 0 saturated heterocycles. The van der Waals surface area contributed by atoms with Gasteiger partial charge in [-0.05, 0) is 0 Å². The summed E-state index contributed by atoms with van der Waals surface area (Å²) in [7, 11) is 1.09. The van der Waals surface area contributed by atoms with Gasteiger partial charge < -0.3 is 0 Å². The molecule has 0 nitrogen and oxygen atoms in total. The molecule has 0 aromatic heterocycles. The van der Waals surface area contributed by atoms with E-state index in [9.17, 15) is 0 Å². The molecule has 0 radical (unpaired) electrons. The van der Waals surface area contributed by atoms with Crippen molar-refractivity contribution in [3.05, 3.63) is 0 Å². The van der Waals surface area contributed by atoms with Gasteiger partial charge >= 0.3 is 111 Å². The molecule has 16 heavy (non-hydrogen) atoms. The van der Waals surface area contributed by atoms with Gasteiger partial charge in [0.15, 0.2) is 0 Å². The molecule has 0 bridgehead atoms. The summed E-state index contributed by atoms with van der Waals surface area (Å²) in [5.41, 5.74) is 3.42. The maximum atomic E-state index is 3.82. The Hall–Kier alpha value is 0.576. The molecule has 0 amide bonds. The van der Waals surface area contributed by atoms with Crippen LogP contribution < -0.4 is 0 Å². The van der Waals surface area contributed by atoms with Gasteiger partial charge in [-0.25, -0.2) is 0 Å². The summed E-state index contributed by atoms with van der Waals surface area (Å²) in [5.74, 6) is 0. The third-order valence-corrected chi connectivity index (χ3v) is 18.5. The number of hydrogen-bond donors (Lipinski definition) is 0. The zero-order valence-corrected chi connectivity index (χ0v) is 16.7. The van der Waals surface area contributed by atoms with Crippen molar-refractivity contribution in [2.45, 2.75) is 72.6 Å². The molecule has 0 aliphatic rings. The molecule has 0 saturated carbocycles. The van der Waals surface area contributed by atoms with Gasteiger partial charge in [0, 0.05) is 0 Å². The first-order valence-corrected chi connectivity index (χ1v) is 15.7. The van der Waals surface area contributed by atoms with Gasteiger partial charge in [-0.3, -0.25) is 0 Å². The van der Waals surface area contributed by atoms with E-state index in [1.54, 1.807) is 13.3 Å². The topological polar surface area (TPSA) is 0 Å². The summed E-state index contributed by atoms with van der Waals surface area (Å²) in [4.78, 5) is 0. The Morgan fingerprint density at radius 1 is 0.812 bits per heavy atom. The van der Waals surface area contributed by atoms with Crippen molar-refractivity contribution >= 4 is 28.6 Å². The van der Waals surface area contributed by atoms with Crippen LogP contribution >= 0.6 is 0 Å². The molecule has 0 aliphatic carbocycles. The molecular weight excluding hydrogens is 315 g/mol. The monoisotopic (exact) mass is 346 g/mol. The molecular formula is C14H30SiSn. The minimum absolute atomic E-state index is 1.09. The first-order valence-electron chi connectivity index (χ1n) is 7.18. The summed E-state index contributed by atoms with van der Waals surface area (Å²) in [6.07, 6.45) is 8.42. The standard InChI is InChI=1S/3C4H9.C2H3Si.Sn/c3*1-3-4-2;1-2-3;/h3*1,3-4H2,2H3;3H3;. The molecule has 0 N–H and O–H groups in total. The van der Waals surface area contributed by atoms with Crippen molar-refractivity contribution < 1.29 is 0 Å². The Labute approximate surface area is 110 Å². The van der Waals surface area contributed by atoms with Crippen LogP contribution in [-0.4, -0.2) is 28.6 Å².